The number of carbonyl (C=O) groups is 2. The summed E-state index contributed by atoms with van der Waals surface area (Å²) in [5, 5.41) is 2.83. The maximum absolute atomic E-state index is 13.0. The van der Waals surface area contributed by atoms with Crippen LogP contribution in [-0.2, 0) is 16.0 Å². The lowest BCUT2D eigenvalue weighted by molar-refractivity contribution is -0.125. The van der Waals surface area contributed by atoms with Gasteiger partial charge in [-0.15, -0.1) is 0 Å². The van der Waals surface area contributed by atoms with E-state index in [0.717, 1.165) is 11.1 Å². The average Bonchev–Trinajstić information content (AvgIpc) is 3.13. The van der Waals surface area contributed by atoms with E-state index in [1.54, 1.807) is 9.12 Å². The summed E-state index contributed by atoms with van der Waals surface area (Å²) in [6.07, 6.45) is 2.29. The molecular weight excluding hydrogens is 473 g/mol. The van der Waals surface area contributed by atoms with E-state index in [2.05, 4.69) is 30.8 Å². The predicted octanol–water partition coefficient (Wildman–Crippen LogP) is 3.18. The molecule has 0 spiro atoms. The molecule has 2 aromatic rings. The highest BCUT2D eigenvalue weighted by atomic mass is 127. The van der Waals surface area contributed by atoms with Crippen LogP contribution < -0.4 is 11.1 Å². The Balaban J connectivity index is 1.77. The number of amides is 2. The van der Waals surface area contributed by atoms with Gasteiger partial charge in [0, 0.05) is 39.7 Å². The van der Waals surface area contributed by atoms with Gasteiger partial charge in [0.2, 0.25) is 11.8 Å². The number of halogens is 1. The lowest BCUT2D eigenvalue weighted by Gasteiger charge is -2.25. The molecular formula is C20H20IN3O2S. The average molecular weight is 493 g/mol. The van der Waals surface area contributed by atoms with Crippen LogP contribution in [0, 0.1) is 0 Å². The van der Waals surface area contributed by atoms with Crippen molar-refractivity contribution in [3.63, 3.8) is 0 Å². The zero-order chi connectivity index (χ0) is 19.2. The Morgan fingerprint density at radius 1 is 1.15 bits per heavy atom. The molecule has 3 N–H and O–H groups in total. The molecule has 0 fully saturated rings. The Kier molecular flexibility index (Phi) is 6.92. The van der Waals surface area contributed by atoms with Crippen LogP contribution in [-0.4, -0.2) is 28.7 Å². The molecule has 0 radical (unpaired) electrons. The summed E-state index contributed by atoms with van der Waals surface area (Å²) >= 11 is 2.22. The van der Waals surface area contributed by atoms with Crippen molar-refractivity contribution < 1.29 is 9.59 Å². The third kappa shape index (κ3) is 4.91. The van der Waals surface area contributed by atoms with E-state index in [-0.39, 0.29) is 11.9 Å². The highest BCUT2D eigenvalue weighted by Crippen LogP contribution is 2.40. The minimum Gasteiger partial charge on any atom is -0.368 e. The minimum atomic E-state index is -0.751. The normalized spacial score (nSPS) is 18.0. The number of nitrogens with one attached hydrogen (secondary N) is 1. The molecule has 27 heavy (non-hydrogen) atoms. The Labute approximate surface area is 175 Å². The van der Waals surface area contributed by atoms with Crippen LogP contribution in [0.2, 0.25) is 0 Å². The van der Waals surface area contributed by atoms with E-state index in [9.17, 15) is 9.59 Å². The topological polar surface area (TPSA) is 75.4 Å². The van der Waals surface area contributed by atoms with Crippen molar-refractivity contribution >= 4 is 42.1 Å². The highest BCUT2D eigenvalue weighted by Gasteiger charge is 2.34. The summed E-state index contributed by atoms with van der Waals surface area (Å²) in [7, 11) is 1.56. The number of hydrogen-bond donors (Lipinski definition) is 2. The molecule has 7 heteroatoms. The lowest BCUT2D eigenvalue weighted by Crippen LogP contribution is -2.46. The first-order valence-corrected chi connectivity index (χ1v) is 11.9. The molecule has 5 nitrogen and oxygen atoms in total. The summed E-state index contributed by atoms with van der Waals surface area (Å²) in [6.45, 7) is 0.663. The van der Waals surface area contributed by atoms with E-state index in [0.29, 0.717) is 18.5 Å². The SMILES string of the molecule is NC(=O)C(Cc1ccccc1)NC(=O)C1=CCN(SI)C1c1ccccc1. The summed E-state index contributed by atoms with van der Waals surface area (Å²) < 4.78 is 2.13. The van der Waals surface area contributed by atoms with Gasteiger partial charge >= 0.3 is 0 Å². The predicted molar refractivity (Wildman–Crippen MR) is 117 cm³/mol. The number of nitrogens with zero attached hydrogens (tertiary/aromatic N) is 1. The van der Waals surface area contributed by atoms with Crippen molar-refractivity contribution in [2.24, 2.45) is 5.73 Å². The molecule has 2 unspecified atom stereocenters. The molecule has 0 aromatic heterocycles. The van der Waals surface area contributed by atoms with Gasteiger partial charge in [-0.25, -0.2) is 4.31 Å². The van der Waals surface area contributed by atoms with Crippen molar-refractivity contribution in [2.75, 3.05) is 6.54 Å². The fourth-order valence-corrected chi connectivity index (χ4v) is 4.75. The molecule has 2 aromatic carbocycles. The first kappa shape index (κ1) is 19.9. The number of hydrogen-bond acceptors (Lipinski definition) is 4. The summed E-state index contributed by atoms with van der Waals surface area (Å²) in [6, 6.07) is 18.5. The van der Waals surface area contributed by atoms with E-state index in [1.165, 1.54) is 0 Å². The minimum absolute atomic E-state index is 0.154. The molecule has 1 heterocycles. The first-order valence-electron chi connectivity index (χ1n) is 8.54. The molecule has 0 saturated heterocycles. The summed E-state index contributed by atoms with van der Waals surface area (Å²) in [5.41, 5.74) is 8.18. The second-order valence-electron chi connectivity index (χ2n) is 6.26. The van der Waals surface area contributed by atoms with Gasteiger partial charge in [-0.2, -0.15) is 0 Å². The standard InChI is InChI=1S/C20H20IN3O2S/c21-27-24-12-11-16(18(24)15-9-5-2-6-10-15)20(26)23-17(19(22)25)13-14-7-3-1-4-8-14/h1-11,17-18H,12-13H2,(H2,22,25)(H,23,26). The van der Waals surface area contributed by atoms with Crippen molar-refractivity contribution in [1.82, 2.24) is 9.62 Å². The number of benzene rings is 2. The molecule has 3 rings (SSSR count). The van der Waals surface area contributed by atoms with Crippen LogP contribution >= 0.6 is 30.3 Å². The van der Waals surface area contributed by atoms with Gasteiger partial charge < -0.3 is 11.1 Å². The number of primary amides is 1. The van der Waals surface area contributed by atoms with Crippen LogP contribution in [0.3, 0.4) is 0 Å². The maximum atomic E-state index is 13.0. The van der Waals surface area contributed by atoms with Crippen molar-refractivity contribution in [3.8, 4) is 0 Å². The Morgan fingerprint density at radius 2 is 1.78 bits per heavy atom. The largest absolute Gasteiger partial charge is 0.368 e. The van der Waals surface area contributed by atoms with Crippen LogP contribution in [0.5, 0.6) is 0 Å². The molecule has 1 aliphatic rings. The number of nitrogens with two attached hydrogens (primary N) is 1. The third-order valence-electron chi connectivity index (χ3n) is 4.47. The van der Waals surface area contributed by atoms with E-state index in [4.69, 9.17) is 5.73 Å². The van der Waals surface area contributed by atoms with Gasteiger partial charge in [0.05, 0.1) is 6.04 Å². The molecule has 2 amide bonds. The van der Waals surface area contributed by atoms with Crippen LogP contribution in [0.4, 0.5) is 0 Å². The van der Waals surface area contributed by atoms with Gasteiger partial charge in [0.1, 0.15) is 6.04 Å². The molecule has 0 saturated carbocycles. The van der Waals surface area contributed by atoms with E-state index >= 15 is 0 Å². The molecule has 1 aliphatic heterocycles. The second kappa shape index (κ2) is 9.38. The van der Waals surface area contributed by atoms with Gasteiger partial charge in [-0.3, -0.25) is 9.59 Å². The maximum Gasteiger partial charge on any atom is 0.249 e. The van der Waals surface area contributed by atoms with Crippen molar-refractivity contribution in [3.05, 3.63) is 83.4 Å². The van der Waals surface area contributed by atoms with Crippen LogP contribution in [0.25, 0.3) is 0 Å². The number of carbonyl (C=O) groups excluding carboxylic acids is 2. The molecule has 0 aliphatic carbocycles. The third-order valence-corrected chi connectivity index (χ3v) is 6.53. The Bertz CT molecular complexity index is 830. The lowest BCUT2D eigenvalue weighted by atomic mass is 9.99. The Hall–Kier alpha value is -1.84. The quantitative estimate of drug-likeness (QED) is 0.459. The van der Waals surface area contributed by atoms with Gasteiger partial charge in [0.25, 0.3) is 0 Å². The molecule has 0 bridgehead atoms. The van der Waals surface area contributed by atoms with Crippen LogP contribution in [0.1, 0.15) is 17.2 Å². The van der Waals surface area contributed by atoms with Crippen LogP contribution in [0.15, 0.2) is 72.3 Å². The van der Waals surface area contributed by atoms with E-state index in [1.807, 2.05) is 66.7 Å². The van der Waals surface area contributed by atoms with Crippen molar-refractivity contribution in [1.29, 1.82) is 0 Å². The molecule has 140 valence electrons. The van der Waals surface area contributed by atoms with E-state index < -0.39 is 11.9 Å². The summed E-state index contributed by atoms with van der Waals surface area (Å²) in [4.78, 5) is 24.9. The number of rotatable bonds is 7. The Morgan fingerprint density at radius 3 is 2.37 bits per heavy atom. The second-order valence-corrected chi connectivity index (χ2v) is 8.05. The smallest absolute Gasteiger partial charge is 0.249 e. The van der Waals surface area contributed by atoms with Crippen molar-refractivity contribution in [2.45, 2.75) is 18.5 Å². The zero-order valence-corrected chi connectivity index (χ0v) is 17.5. The monoisotopic (exact) mass is 493 g/mol. The fraction of sp³-hybridized carbons (Fsp3) is 0.200. The highest BCUT2D eigenvalue weighted by molar-refractivity contribution is 14.2. The first-order chi connectivity index (χ1) is 13.1. The summed E-state index contributed by atoms with van der Waals surface area (Å²) in [5.74, 6) is -0.793. The van der Waals surface area contributed by atoms with Gasteiger partial charge in [-0.1, -0.05) is 66.7 Å². The van der Waals surface area contributed by atoms with Gasteiger partial charge in [0.15, 0.2) is 0 Å². The zero-order valence-electron chi connectivity index (χ0n) is 14.5. The molecule has 2 atom stereocenters. The fourth-order valence-electron chi connectivity index (χ4n) is 3.14. The van der Waals surface area contributed by atoms with Gasteiger partial charge in [-0.05, 0) is 20.2 Å².